The number of rotatable bonds is 4. The number of amides is 1. The van der Waals surface area contributed by atoms with Crippen LogP contribution in [0.3, 0.4) is 0 Å². The first-order chi connectivity index (χ1) is 13.1. The molecule has 1 aliphatic rings. The minimum atomic E-state index is -0.250. The van der Waals surface area contributed by atoms with Crippen LogP contribution in [0, 0.1) is 0 Å². The van der Waals surface area contributed by atoms with Gasteiger partial charge in [-0.1, -0.05) is 25.1 Å². The van der Waals surface area contributed by atoms with Crippen LogP contribution in [0.15, 0.2) is 41.2 Å². The first-order valence-corrected chi connectivity index (χ1v) is 9.02. The summed E-state index contributed by atoms with van der Waals surface area (Å²) in [5.41, 5.74) is 1.03. The van der Waals surface area contributed by atoms with Crippen molar-refractivity contribution in [2.24, 2.45) is 0 Å². The van der Waals surface area contributed by atoms with Crippen LogP contribution in [0.1, 0.15) is 60.9 Å². The fourth-order valence-corrected chi connectivity index (χ4v) is 3.15. The first kappa shape index (κ1) is 17.3. The number of carbonyl (C=O) groups is 1. The van der Waals surface area contributed by atoms with Crippen molar-refractivity contribution in [2.75, 3.05) is 6.54 Å². The summed E-state index contributed by atoms with van der Waals surface area (Å²) in [6.45, 7) is 4.63. The molecule has 138 valence electrons. The molecule has 8 heteroatoms. The molecule has 0 unspecified atom stereocenters. The molecule has 3 aromatic heterocycles. The molecule has 0 aliphatic carbocycles. The van der Waals surface area contributed by atoms with E-state index in [9.17, 15) is 4.79 Å². The van der Waals surface area contributed by atoms with Crippen molar-refractivity contribution in [3.63, 3.8) is 0 Å². The molecule has 0 bridgehead atoms. The molecule has 0 aromatic carbocycles. The van der Waals surface area contributed by atoms with Crippen LogP contribution in [0.5, 0.6) is 0 Å². The number of aromatic nitrogens is 5. The van der Waals surface area contributed by atoms with Gasteiger partial charge >= 0.3 is 0 Å². The van der Waals surface area contributed by atoms with Crippen molar-refractivity contribution in [3.05, 3.63) is 54.1 Å². The Morgan fingerprint density at radius 1 is 1.19 bits per heavy atom. The highest BCUT2D eigenvalue weighted by Crippen LogP contribution is 2.32. The van der Waals surface area contributed by atoms with Crippen molar-refractivity contribution >= 4 is 5.91 Å². The molecule has 8 nitrogen and oxygen atoms in total. The van der Waals surface area contributed by atoms with Gasteiger partial charge in [0, 0.05) is 24.9 Å². The van der Waals surface area contributed by atoms with Gasteiger partial charge in [-0.3, -0.25) is 9.78 Å². The van der Waals surface area contributed by atoms with Crippen molar-refractivity contribution < 1.29 is 9.32 Å². The Kier molecular flexibility index (Phi) is 4.62. The molecule has 1 atom stereocenters. The smallest absolute Gasteiger partial charge is 0.273 e. The molecule has 3 aromatic rings. The van der Waals surface area contributed by atoms with E-state index < -0.39 is 0 Å². The number of carbonyl (C=O) groups excluding carboxylic acids is 1. The van der Waals surface area contributed by atoms with Gasteiger partial charge in [0.1, 0.15) is 23.3 Å². The van der Waals surface area contributed by atoms with Gasteiger partial charge < -0.3 is 9.42 Å². The maximum absolute atomic E-state index is 13.0. The summed E-state index contributed by atoms with van der Waals surface area (Å²) in [5.74, 6) is 1.53. The SMILES string of the molecule is CC(C)c1nccc(C(=O)N2CCC[C@H]2c2nc(-c3ccccn3)no2)n1. The zero-order valence-corrected chi connectivity index (χ0v) is 15.2. The summed E-state index contributed by atoms with van der Waals surface area (Å²) < 4.78 is 5.45. The summed E-state index contributed by atoms with van der Waals surface area (Å²) >= 11 is 0. The minimum Gasteiger partial charge on any atom is -0.337 e. The lowest BCUT2D eigenvalue weighted by Crippen LogP contribution is -2.31. The Labute approximate surface area is 156 Å². The standard InChI is InChI=1S/C19H20N6O2/c1-12(2)16-21-10-8-14(22-16)19(26)25-11-5-7-15(25)18-23-17(24-27-18)13-6-3-4-9-20-13/h3-4,6,8-10,12,15H,5,7,11H2,1-2H3/t15-/m0/s1. The Hall–Kier alpha value is -3.16. The normalized spacial score (nSPS) is 16.9. The average Bonchev–Trinajstić information content (AvgIpc) is 3.37. The summed E-state index contributed by atoms with van der Waals surface area (Å²) in [5, 5.41) is 4.02. The second-order valence-electron chi connectivity index (χ2n) is 6.78. The lowest BCUT2D eigenvalue weighted by atomic mass is 10.2. The van der Waals surface area contributed by atoms with Gasteiger partial charge in [0.05, 0.1) is 0 Å². The molecule has 0 spiro atoms. The number of hydrogen-bond donors (Lipinski definition) is 0. The second-order valence-corrected chi connectivity index (χ2v) is 6.78. The van der Waals surface area contributed by atoms with Gasteiger partial charge in [0.25, 0.3) is 5.91 Å². The maximum atomic E-state index is 13.0. The molecule has 0 radical (unpaired) electrons. The Morgan fingerprint density at radius 3 is 2.85 bits per heavy atom. The van der Waals surface area contributed by atoms with Crippen LogP contribution in [-0.2, 0) is 0 Å². The topological polar surface area (TPSA) is 97.9 Å². The fourth-order valence-electron chi connectivity index (χ4n) is 3.15. The summed E-state index contributed by atoms with van der Waals surface area (Å²) in [7, 11) is 0. The largest absolute Gasteiger partial charge is 0.337 e. The fraction of sp³-hybridized carbons (Fsp3) is 0.368. The highest BCUT2D eigenvalue weighted by molar-refractivity contribution is 5.92. The molecule has 27 heavy (non-hydrogen) atoms. The van der Waals surface area contributed by atoms with Crippen molar-refractivity contribution in [1.82, 2.24) is 30.0 Å². The molecular weight excluding hydrogens is 344 g/mol. The number of hydrogen-bond acceptors (Lipinski definition) is 7. The third-order valence-corrected chi connectivity index (χ3v) is 4.54. The van der Waals surface area contributed by atoms with Gasteiger partial charge in [0.2, 0.25) is 11.7 Å². The van der Waals surface area contributed by atoms with E-state index in [1.54, 1.807) is 23.4 Å². The van der Waals surface area contributed by atoms with E-state index in [1.807, 2.05) is 32.0 Å². The van der Waals surface area contributed by atoms with Crippen LogP contribution in [0.2, 0.25) is 0 Å². The Balaban J connectivity index is 1.58. The number of likely N-dealkylation sites (tertiary alicyclic amines) is 1. The van der Waals surface area contributed by atoms with Gasteiger partial charge in [-0.15, -0.1) is 0 Å². The third kappa shape index (κ3) is 3.42. The van der Waals surface area contributed by atoms with Gasteiger partial charge in [0.15, 0.2) is 0 Å². The van der Waals surface area contributed by atoms with E-state index >= 15 is 0 Å². The lowest BCUT2D eigenvalue weighted by Gasteiger charge is -2.21. The van der Waals surface area contributed by atoms with Crippen LogP contribution in [0.4, 0.5) is 0 Å². The van der Waals surface area contributed by atoms with Crippen molar-refractivity contribution in [2.45, 2.75) is 38.6 Å². The predicted molar refractivity (Wildman–Crippen MR) is 96.7 cm³/mol. The zero-order chi connectivity index (χ0) is 18.8. The van der Waals surface area contributed by atoms with Crippen molar-refractivity contribution in [1.29, 1.82) is 0 Å². The minimum absolute atomic E-state index is 0.139. The molecule has 4 heterocycles. The Morgan fingerprint density at radius 2 is 2.07 bits per heavy atom. The predicted octanol–water partition coefficient (Wildman–Crippen LogP) is 3.02. The van der Waals surface area contributed by atoms with E-state index in [1.165, 1.54) is 0 Å². The van der Waals surface area contributed by atoms with E-state index in [2.05, 4.69) is 25.1 Å². The molecule has 4 rings (SSSR count). The van der Waals surface area contributed by atoms with Gasteiger partial charge in [-0.2, -0.15) is 4.98 Å². The molecule has 1 saturated heterocycles. The molecule has 0 saturated carbocycles. The highest BCUT2D eigenvalue weighted by atomic mass is 16.5. The Bertz CT molecular complexity index is 940. The maximum Gasteiger partial charge on any atom is 0.273 e. The van der Waals surface area contributed by atoms with Gasteiger partial charge in [-0.05, 0) is 31.0 Å². The summed E-state index contributed by atoms with van der Waals surface area (Å²) in [4.78, 5) is 32.1. The molecular formula is C19H20N6O2. The van der Waals surface area contributed by atoms with E-state index in [4.69, 9.17) is 4.52 Å². The summed E-state index contributed by atoms with van der Waals surface area (Å²) in [6.07, 6.45) is 4.96. The van der Waals surface area contributed by atoms with Gasteiger partial charge in [-0.25, -0.2) is 9.97 Å². The van der Waals surface area contributed by atoms with Crippen LogP contribution in [0.25, 0.3) is 11.5 Å². The molecule has 0 N–H and O–H groups in total. The molecule has 1 amide bonds. The van der Waals surface area contributed by atoms with Crippen LogP contribution in [-0.4, -0.2) is 42.4 Å². The number of nitrogens with zero attached hydrogens (tertiary/aromatic N) is 6. The van der Waals surface area contributed by atoms with Crippen LogP contribution < -0.4 is 0 Å². The monoisotopic (exact) mass is 364 g/mol. The highest BCUT2D eigenvalue weighted by Gasteiger charge is 2.35. The second kappa shape index (κ2) is 7.22. The van der Waals surface area contributed by atoms with E-state index in [-0.39, 0.29) is 17.9 Å². The molecule has 1 fully saturated rings. The van der Waals surface area contributed by atoms with Crippen molar-refractivity contribution in [3.8, 4) is 11.5 Å². The quantitative estimate of drug-likeness (QED) is 0.702. The third-order valence-electron chi connectivity index (χ3n) is 4.54. The van der Waals surface area contributed by atoms with Crippen LogP contribution >= 0.6 is 0 Å². The van der Waals surface area contributed by atoms with E-state index in [0.29, 0.717) is 35.5 Å². The molecule has 1 aliphatic heterocycles. The summed E-state index contributed by atoms with van der Waals surface area (Å²) in [6, 6.07) is 6.91. The number of pyridine rings is 1. The zero-order valence-electron chi connectivity index (χ0n) is 15.2. The van der Waals surface area contributed by atoms with E-state index in [0.717, 1.165) is 12.8 Å². The average molecular weight is 364 g/mol. The first-order valence-electron chi connectivity index (χ1n) is 9.02. The lowest BCUT2D eigenvalue weighted by molar-refractivity contribution is 0.0703.